The number of hydrogen-bond donors (Lipinski definition) is 2. The number of nitrogens with two attached hydrogens (primary N) is 1. The lowest BCUT2D eigenvalue weighted by atomic mass is 9.65. The van der Waals surface area contributed by atoms with Crippen LogP contribution in [0.2, 0.25) is 0 Å². The summed E-state index contributed by atoms with van der Waals surface area (Å²) in [5, 5.41) is 3.36. The van der Waals surface area contributed by atoms with Crippen LogP contribution in [0.4, 0.5) is 0 Å². The molecule has 2 unspecified atom stereocenters. The Labute approximate surface area is 175 Å². The van der Waals surface area contributed by atoms with Crippen molar-refractivity contribution in [3.63, 3.8) is 0 Å². The van der Waals surface area contributed by atoms with Crippen LogP contribution in [0.5, 0.6) is 0 Å². The molecule has 4 rings (SSSR count). The topological polar surface area (TPSA) is 64.4 Å². The Morgan fingerprint density at radius 3 is 2.46 bits per heavy atom. The SMILES string of the molecule is Cc1ccccc1C1(CNC(=O)C2CC3CCCC(C2)C3N)CCOCC1.Cl. The van der Waals surface area contributed by atoms with Crippen molar-refractivity contribution in [2.24, 2.45) is 23.5 Å². The van der Waals surface area contributed by atoms with Gasteiger partial charge in [0.25, 0.3) is 0 Å². The monoisotopic (exact) mass is 406 g/mol. The Bertz CT molecular complexity index is 660. The van der Waals surface area contributed by atoms with Gasteiger partial charge in [0, 0.05) is 37.1 Å². The zero-order chi connectivity index (χ0) is 18.9. The summed E-state index contributed by atoms with van der Waals surface area (Å²) >= 11 is 0. The van der Waals surface area contributed by atoms with E-state index >= 15 is 0 Å². The van der Waals surface area contributed by atoms with Crippen LogP contribution in [0.25, 0.3) is 0 Å². The molecule has 3 N–H and O–H groups in total. The van der Waals surface area contributed by atoms with Crippen molar-refractivity contribution >= 4 is 18.3 Å². The fourth-order valence-corrected chi connectivity index (χ4v) is 5.88. The number of hydrogen-bond acceptors (Lipinski definition) is 3. The number of fused-ring (bicyclic) bond motifs is 2. The minimum Gasteiger partial charge on any atom is -0.381 e. The maximum atomic E-state index is 13.1. The molecule has 3 fully saturated rings. The Hall–Kier alpha value is -1.10. The molecule has 1 aliphatic heterocycles. The van der Waals surface area contributed by atoms with E-state index in [-0.39, 0.29) is 29.6 Å². The summed E-state index contributed by atoms with van der Waals surface area (Å²) < 4.78 is 5.64. The first-order valence-electron chi connectivity index (χ1n) is 10.8. The molecule has 156 valence electrons. The largest absolute Gasteiger partial charge is 0.381 e. The van der Waals surface area contributed by atoms with E-state index in [1.54, 1.807) is 0 Å². The third-order valence-electron chi connectivity index (χ3n) is 7.55. The van der Waals surface area contributed by atoms with Gasteiger partial charge in [-0.25, -0.2) is 0 Å². The number of carbonyl (C=O) groups excluding carboxylic acids is 1. The highest BCUT2D eigenvalue weighted by Crippen LogP contribution is 2.42. The molecule has 2 aliphatic carbocycles. The first-order chi connectivity index (χ1) is 13.1. The second-order valence-corrected chi connectivity index (χ2v) is 9.12. The molecule has 1 aromatic carbocycles. The molecule has 28 heavy (non-hydrogen) atoms. The van der Waals surface area contributed by atoms with Gasteiger partial charge in [0.1, 0.15) is 0 Å². The van der Waals surface area contributed by atoms with Gasteiger partial charge in [-0.1, -0.05) is 30.7 Å². The average molecular weight is 407 g/mol. The minimum absolute atomic E-state index is 0. The minimum atomic E-state index is 0. The third-order valence-corrected chi connectivity index (χ3v) is 7.55. The number of benzene rings is 1. The predicted molar refractivity (Wildman–Crippen MR) is 115 cm³/mol. The molecular formula is C23H35ClN2O2. The van der Waals surface area contributed by atoms with Crippen LogP contribution in [0, 0.1) is 24.7 Å². The van der Waals surface area contributed by atoms with E-state index in [4.69, 9.17) is 10.5 Å². The lowest BCUT2D eigenvalue weighted by Gasteiger charge is -2.44. The summed E-state index contributed by atoms with van der Waals surface area (Å²) in [5.74, 6) is 1.48. The maximum Gasteiger partial charge on any atom is 0.223 e. The van der Waals surface area contributed by atoms with Crippen molar-refractivity contribution in [1.82, 2.24) is 5.32 Å². The third kappa shape index (κ3) is 4.24. The number of carbonyl (C=O) groups is 1. The van der Waals surface area contributed by atoms with E-state index in [0.29, 0.717) is 17.9 Å². The second kappa shape index (κ2) is 9.15. The number of halogens is 1. The smallest absolute Gasteiger partial charge is 0.223 e. The highest BCUT2D eigenvalue weighted by Gasteiger charge is 2.41. The van der Waals surface area contributed by atoms with Gasteiger partial charge in [0.15, 0.2) is 0 Å². The lowest BCUT2D eigenvalue weighted by Crippen LogP contribution is -2.51. The molecular weight excluding hydrogens is 372 g/mol. The number of amides is 1. The number of nitrogens with one attached hydrogen (secondary N) is 1. The molecule has 2 saturated carbocycles. The summed E-state index contributed by atoms with van der Waals surface area (Å²) in [6, 6.07) is 8.94. The average Bonchev–Trinajstić information content (AvgIpc) is 2.67. The molecule has 1 aromatic rings. The highest BCUT2D eigenvalue weighted by atomic mass is 35.5. The molecule has 3 aliphatic rings. The van der Waals surface area contributed by atoms with Crippen LogP contribution in [0.1, 0.15) is 56.1 Å². The van der Waals surface area contributed by atoms with Crippen molar-refractivity contribution in [1.29, 1.82) is 0 Å². The van der Waals surface area contributed by atoms with Crippen molar-refractivity contribution in [3.8, 4) is 0 Å². The molecule has 0 aromatic heterocycles. The Morgan fingerprint density at radius 2 is 1.82 bits per heavy atom. The summed E-state index contributed by atoms with van der Waals surface area (Å²) in [6.45, 7) is 4.44. The zero-order valence-corrected chi connectivity index (χ0v) is 17.8. The molecule has 4 nitrogen and oxygen atoms in total. The van der Waals surface area contributed by atoms with Gasteiger partial charge in [-0.05, 0) is 68.4 Å². The first-order valence-corrected chi connectivity index (χ1v) is 10.8. The van der Waals surface area contributed by atoms with Crippen LogP contribution >= 0.6 is 12.4 Å². The quantitative estimate of drug-likeness (QED) is 0.800. The standard InChI is InChI=1S/C23H34N2O2.ClH/c1-16-5-2-3-8-20(16)23(9-11-27-12-10-23)15-25-22(26)19-13-17-6-4-7-18(14-19)21(17)24;/h2-3,5,8,17-19,21H,4,6-7,9-15,24H2,1H3,(H,25,26);1H. The van der Waals surface area contributed by atoms with Gasteiger partial charge in [-0.2, -0.15) is 0 Å². The lowest BCUT2D eigenvalue weighted by molar-refractivity contribution is -0.128. The maximum absolute atomic E-state index is 13.1. The summed E-state index contributed by atoms with van der Waals surface area (Å²) in [4.78, 5) is 13.1. The fraction of sp³-hybridized carbons (Fsp3) is 0.696. The van der Waals surface area contributed by atoms with E-state index in [1.807, 2.05) is 0 Å². The van der Waals surface area contributed by atoms with Gasteiger partial charge in [0.2, 0.25) is 5.91 Å². The van der Waals surface area contributed by atoms with Gasteiger partial charge in [-0.15, -0.1) is 12.4 Å². The number of aryl methyl sites for hydroxylation is 1. The Kier molecular flexibility index (Phi) is 7.06. The van der Waals surface area contributed by atoms with Crippen LogP contribution in [0.3, 0.4) is 0 Å². The van der Waals surface area contributed by atoms with Crippen LogP contribution in [-0.4, -0.2) is 31.7 Å². The van der Waals surface area contributed by atoms with Gasteiger partial charge < -0.3 is 15.8 Å². The zero-order valence-electron chi connectivity index (χ0n) is 17.0. The molecule has 0 radical (unpaired) electrons. The van der Waals surface area contributed by atoms with Crippen LogP contribution in [0.15, 0.2) is 24.3 Å². The second-order valence-electron chi connectivity index (χ2n) is 9.12. The van der Waals surface area contributed by atoms with E-state index in [2.05, 4.69) is 36.5 Å². The van der Waals surface area contributed by atoms with Gasteiger partial charge >= 0.3 is 0 Å². The normalized spacial score (nSPS) is 31.5. The summed E-state index contributed by atoms with van der Waals surface area (Å²) in [6.07, 6.45) is 7.58. The molecule has 2 atom stereocenters. The molecule has 0 spiro atoms. The molecule has 5 heteroatoms. The number of rotatable bonds is 4. The van der Waals surface area contributed by atoms with Gasteiger partial charge in [0.05, 0.1) is 0 Å². The Morgan fingerprint density at radius 1 is 1.18 bits per heavy atom. The molecule has 1 amide bonds. The van der Waals surface area contributed by atoms with Crippen molar-refractivity contribution in [2.45, 2.75) is 63.3 Å². The molecule has 1 heterocycles. The van der Waals surface area contributed by atoms with Crippen LogP contribution < -0.4 is 11.1 Å². The Balaban J connectivity index is 0.00000225. The number of ether oxygens (including phenoxy) is 1. The molecule has 1 saturated heterocycles. The summed E-state index contributed by atoms with van der Waals surface area (Å²) in [7, 11) is 0. The van der Waals surface area contributed by atoms with Crippen molar-refractivity contribution in [3.05, 3.63) is 35.4 Å². The van der Waals surface area contributed by atoms with E-state index in [0.717, 1.165) is 45.4 Å². The fourth-order valence-electron chi connectivity index (χ4n) is 5.88. The van der Waals surface area contributed by atoms with E-state index < -0.39 is 0 Å². The van der Waals surface area contributed by atoms with E-state index in [9.17, 15) is 4.79 Å². The highest BCUT2D eigenvalue weighted by molar-refractivity contribution is 5.85. The van der Waals surface area contributed by atoms with Crippen molar-refractivity contribution in [2.75, 3.05) is 19.8 Å². The predicted octanol–water partition coefficient (Wildman–Crippen LogP) is 3.73. The first kappa shape index (κ1) is 21.6. The summed E-state index contributed by atoms with van der Waals surface area (Å²) in [5.41, 5.74) is 9.09. The van der Waals surface area contributed by atoms with Crippen LogP contribution in [-0.2, 0) is 14.9 Å². The van der Waals surface area contributed by atoms with E-state index in [1.165, 1.54) is 30.4 Å². The van der Waals surface area contributed by atoms with Gasteiger partial charge in [-0.3, -0.25) is 4.79 Å². The van der Waals surface area contributed by atoms with Crippen molar-refractivity contribution < 1.29 is 9.53 Å². The molecule has 2 bridgehead atoms.